The number of hydrogen-bond acceptors (Lipinski definition) is 1. The third kappa shape index (κ3) is 0.922. The number of aromatic amines is 1. The zero-order chi connectivity index (χ0) is 8.72. The van der Waals surface area contributed by atoms with Crippen LogP contribution in [0.3, 0.4) is 0 Å². The van der Waals surface area contributed by atoms with Gasteiger partial charge in [-0.15, -0.1) is 0 Å². The summed E-state index contributed by atoms with van der Waals surface area (Å²) in [5, 5.41) is 9.39. The topological polar surface area (TPSA) is 36.0 Å². The molecule has 0 bridgehead atoms. The highest BCUT2D eigenvalue weighted by Crippen LogP contribution is 2.21. The van der Waals surface area contributed by atoms with Gasteiger partial charge in [0.2, 0.25) is 0 Å². The van der Waals surface area contributed by atoms with Gasteiger partial charge in [0.05, 0.1) is 5.52 Å². The summed E-state index contributed by atoms with van der Waals surface area (Å²) in [4.78, 5) is 2.48. The van der Waals surface area contributed by atoms with Gasteiger partial charge >= 0.3 is 0 Å². The number of benzene rings is 1. The lowest BCUT2D eigenvalue weighted by atomic mass is 10.2. The summed E-state index contributed by atoms with van der Waals surface area (Å²) < 4.78 is 25.2. The van der Waals surface area contributed by atoms with Gasteiger partial charge < -0.3 is 10.1 Å². The fraction of sp³-hybridized carbons (Fsp3) is 0. The third-order valence-electron chi connectivity index (χ3n) is 1.65. The molecule has 0 aliphatic carbocycles. The number of rotatable bonds is 0. The molecule has 0 aliphatic heterocycles. The van der Waals surface area contributed by atoms with E-state index in [1.807, 2.05) is 0 Å². The molecule has 1 heterocycles. The highest BCUT2D eigenvalue weighted by molar-refractivity contribution is 5.81. The summed E-state index contributed by atoms with van der Waals surface area (Å²) in [6.07, 6.45) is 0. The van der Waals surface area contributed by atoms with E-state index in [0.717, 1.165) is 12.1 Å². The highest BCUT2D eigenvalue weighted by atomic mass is 19.2. The van der Waals surface area contributed by atoms with Crippen molar-refractivity contribution in [2.24, 2.45) is 0 Å². The monoisotopic (exact) mass is 169 g/mol. The van der Waals surface area contributed by atoms with Crippen LogP contribution >= 0.6 is 0 Å². The summed E-state index contributed by atoms with van der Waals surface area (Å²) in [7, 11) is 0. The number of aromatic hydroxyl groups is 1. The van der Waals surface area contributed by atoms with Crippen LogP contribution in [0.5, 0.6) is 5.88 Å². The van der Waals surface area contributed by atoms with Crippen LogP contribution in [-0.4, -0.2) is 10.1 Å². The Balaban J connectivity index is 2.83. The largest absolute Gasteiger partial charge is 0.495 e. The second-order valence-corrected chi connectivity index (χ2v) is 2.51. The lowest BCUT2D eigenvalue weighted by molar-refractivity contribution is 0.458. The Kier molecular flexibility index (Phi) is 1.30. The molecule has 1 aromatic carbocycles. The van der Waals surface area contributed by atoms with Gasteiger partial charge in [-0.2, -0.15) is 0 Å². The molecule has 0 radical (unpaired) electrons. The molecule has 0 fully saturated rings. The van der Waals surface area contributed by atoms with E-state index in [-0.39, 0.29) is 5.88 Å². The van der Waals surface area contributed by atoms with E-state index in [9.17, 15) is 8.78 Å². The molecule has 2 rings (SSSR count). The van der Waals surface area contributed by atoms with Gasteiger partial charge in [-0.1, -0.05) is 0 Å². The summed E-state index contributed by atoms with van der Waals surface area (Å²) in [5.41, 5.74) is 0.381. The zero-order valence-corrected chi connectivity index (χ0v) is 5.94. The Labute approximate surface area is 66.4 Å². The van der Waals surface area contributed by atoms with E-state index in [1.54, 1.807) is 0 Å². The minimum Gasteiger partial charge on any atom is -0.495 e. The first-order valence-electron chi connectivity index (χ1n) is 3.33. The summed E-state index contributed by atoms with van der Waals surface area (Å²) in [6.45, 7) is 0. The van der Waals surface area contributed by atoms with Crippen LogP contribution in [0.2, 0.25) is 0 Å². The van der Waals surface area contributed by atoms with Crippen LogP contribution in [0.25, 0.3) is 10.9 Å². The Morgan fingerprint density at radius 3 is 2.50 bits per heavy atom. The van der Waals surface area contributed by atoms with Crippen molar-refractivity contribution in [2.75, 3.05) is 0 Å². The Morgan fingerprint density at radius 2 is 1.75 bits per heavy atom. The zero-order valence-electron chi connectivity index (χ0n) is 5.94. The molecule has 12 heavy (non-hydrogen) atoms. The van der Waals surface area contributed by atoms with E-state index in [1.165, 1.54) is 6.07 Å². The van der Waals surface area contributed by atoms with Gasteiger partial charge in [-0.3, -0.25) is 0 Å². The van der Waals surface area contributed by atoms with Crippen molar-refractivity contribution >= 4 is 10.9 Å². The van der Waals surface area contributed by atoms with Crippen molar-refractivity contribution in [1.29, 1.82) is 0 Å². The minimum atomic E-state index is -0.927. The van der Waals surface area contributed by atoms with Crippen LogP contribution in [0, 0.1) is 11.6 Å². The first-order chi connectivity index (χ1) is 5.66. The number of nitrogens with one attached hydrogen (secondary N) is 1. The number of H-pyrrole nitrogens is 1. The van der Waals surface area contributed by atoms with Crippen molar-refractivity contribution < 1.29 is 13.9 Å². The molecule has 62 valence electrons. The number of fused-ring (bicyclic) bond motifs is 1. The fourth-order valence-electron chi connectivity index (χ4n) is 1.11. The molecule has 4 heteroatoms. The van der Waals surface area contributed by atoms with Crippen LogP contribution in [0.15, 0.2) is 18.2 Å². The minimum absolute atomic E-state index is 0.102. The maximum Gasteiger partial charge on any atom is 0.189 e. The number of halogens is 2. The van der Waals surface area contributed by atoms with Crippen molar-refractivity contribution in [1.82, 2.24) is 4.98 Å². The Bertz CT molecular complexity index is 397. The van der Waals surface area contributed by atoms with E-state index in [4.69, 9.17) is 5.11 Å². The molecule has 0 saturated carbocycles. The average molecular weight is 169 g/mol. The summed E-state index contributed by atoms with van der Waals surface area (Å²) in [6, 6.07) is 3.36. The van der Waals surface area contributed by atoms with Crippen molar-refractivity contribution in [3.63, 3.8) is 0 Å². The lowest BCUT2D eigenvalue weighted by Gasteiger charge is -1.91. The lowest BCUT2D eigenvalue weighted by Crippen LogP contribution is -1.81. The van der Waals surface area contributed by atoms with Crippen molar-refractivity contribution in [2.45, 2.75) is 0 Å². The Hall–Kier alpha value is -1.58. The first kappa shape index (κ1) is 7.09. The first-order valence-corrected chi connectivity index (χ1v) is 3.33. The molecule has 0 saturated heterocycles. The molecular formula is C8H5F2NO. The summed E-state index contributed by atoms with van der Waals surface area (Å²) in [5.74, 6) is -1.94. The smallest absolute Gasteiger partial charge is 0.189 e. The SMILES string of the molecule is Oc1cc2cc(F)c(F)cc2[nH]1. The molecule has 2 nitrogen and oxygen atoms in total. The molecule has 0 spiro atoms. The predicted molar refractivity (Wildman–Crippen MR) is 39.9 cm³/mol. The molecule has 0 amide bonds. The van der Waals surface area contributed by atoms with Crippen LogP contribution in [-0.2, 0) is 0 Å². The standard InChI is InChI=1S/C8H5F2NO/c9-5-1-4-2-8(12)11-7(4)3-6(5)10/h1-3,11-12H. The molecular weight excluding hydrogens is 164 g/mol. The average Bonchev–Trinajstić information content (AvgIpc) is 2.30. The molecule has 2 aromatic rings. The van der Waals surface area contributed by atoms with E-state index in [2.05, 4.69) is 4.98 Å². The second kappa shape index (κ2) is 2.20. The van der Waals surface area contributed by atoms with Gasteiger partial charge in [0.25, 0.3) is 0 Å². The Morgan fingerprint density at radius 1 is 1.08 bits per heavy atom. The van der Waals surface area contributed by atoms with Crippen molar-refractivity contribution in [3.05, 3.63) is 29.8 Å². The third-order valence-corrected chi connectivity index (χ3v) is 1.65. The number of aromatic nitrogens is 1. The second-order valence-electron chi connectivity index (χ2n) is 2.51. The maximum absolute atomic E-state index is 12.6. The van der Waals surface area contributed by atoms with Gasteiger partial charge in [0.1, 0.15) is 0 Å². The maximum atomic E-state index is 12.6. The molecule has 2 N–H and O–H groups in total. The van der Waals surface area contributed by atoms with Gasteiger partial charge in [0.15, 0.2) is 17.5 Å². The molecule has 0 unspecified atom stereocenters. The number of hydrogen-bond donors (Lipinski definition) is 2. The van der Waals surface area contributed by atoms with Gasteiger partial charge in [-0.05, 0) is 6.07 Å². The summed E-state index contributed by atoms with van der Waals surface area (Å²) >= 11 is 0. The van der Waals surface area contributed by atoms with Gasteiger partial charge in [-0.25, -0.2) is 8.78 Å². The van der Waals surface area contributed by atoms with E-state index >= 15 is 0 Å². The van der Waals surface area contributed by atoms with Gasteiger partial charge in [0, 0.05) is 17.5 Å². The molecule has 0 aliphatic rings. The fourth-order valence-corrected chi connectivity index (χ4v) is 1.11. The van der Waals surface area contributed by atoms with Crippen LogP contribution in [0.1, 0.15) is 0 Å². The molecule has 0 atom stereocenters. The van der Waals surface area contributed by atoms with E-state index < -0.39 is 11.6 Å². The van der Waals surface area contributed by atoms with Crippen LogP contribution in [0.4, 0.5) is 8.78 Å². The predicted octanol–water partition coefficient (Wildman–Crippen LogP) is 2.15. The van der Waals surface area contributed by atoms with Crippen LogP contribution < -0.4 is 0 Å². The van der Waals surface area contributed by atoms with E-state index in [0.29, 0.717) is 10.9 Å². The molecule has 1 aromatic heterocycles. The van der Waals surface area contributed by atoms with Crippen molar-refractivity contribution in [3.8, 4) is 5.88 Å². The highest BCUT2D eigenvalue weighted by Gasteiger charge is 2.05. The normalized spacial score (nSPS) is 10.8. The quantitative estimate of drug-likeness (QED) is 0.622.